The van der Waals surface area contributed by atoms with Crippen LogP contribution in [0.25, 0.3) is 0 Å². The molecule has 0 unspecified atom stereocenters. The van der Waals surface area contributed by atoms with Gasteiger partial charge in [0.15, 0.2) is 0 Å². The third-order valence-corrected chi connectivity index (χ3v) is 7.65. The minimum absolute atomic E-state index is 0. The Morgan fingerprint density at radius 2 is 0.480 bits per heavy atom. The van der Waals surface area contributed by atoms with E-state index < -0.39 is 39.7 Å². The van der Waals surface area contributed by atoms with E-state index in [9.17, 15) is 38.9 Å². The van der Waals surface area contributed by atoms with E-state index in [0.717, 1.165) is 0 Å². The van der Waals surface area contributed by atoms with Crippen LogP contribution in [0.3, 0.4) is 0 Å². The molecular formula is C3Cl9O9S3Yb. The summed E-state index contributed by atoms with van der Waals surface area (Å²) in [5, 5.41) is 0. The van der Waals surface area contributed by atoms with Crippen molar-refractivity contribution in [2.24, 2.45) is 0 Å². The molecule has 0 aliphatic carbocycles. The van der Waals surface area contributed by atoms with E-state index in [1.54, 1.807) is 0 Å². The molecule has 9 nitrogen and oxygen atoms in total. The Hall–Kier alpha value is 3.86. The molecule has 25 heavy (non-hydrogen) atoms. The van der Waals surface area contributed by atoms with Gasteiger partial charge in [0.1, 0.15) is 30.4 Å². The van der Waals surface area contributed by atoms with Crippen molar-refractivity contribution in [3.05, 3.63) is 0 Å². The van der Waals surface area contributed by atoms with Crippen molar-refractivity contribution in [3.63, 3.8) is 0 Å². The summed E-state index contributed by atoms with van der Waals surface area (Å²) in [6, 6.07) is 0. The van der Waals surface area contributed by atoms with Crippen LogP contribution in [0.5, 0.6) is 0 Å². The molecule has 0 atom stereocenters. The molecule has 0 aromatic heterocycles. The van der Waals surface area contributed by atoms with Crippen LogP contribution in [0.2, 0.25) is 0 Å². The van der Waals surface area contributed by atoms with Crippen LogP contribution in [0.15, 0.2) is 0 Å². The summed E-state index contributed by atoms with van der Waals surface area (Å²) in [4.78, 5) is 0. The van der Waals surface area contributed by atoms with Crippen molar-refractivity contribution in [2.45, 2.75) is 9.37 Å². The van der Waals surface area contributed by atoms with Crippen LogP contribution in [0.4, 0.5) is 0 Å². The number of halogens is 9. The summed E-state index contributed by atoms with van der Waals surface area (Å²) in [5.41, 5.74) is 0. The first-order valence-electron chi connectivity index (χ1n) is 3.81. The maximum absolute atomic E-state index is 9.70. The minimum atomic E-state index is -4.79. The van der Waals surface area contributed by atoms with Crippen molar-refractivity contribution in [1.29, 1.82) is 0 Å². The average Bonchev–Trinajstić information content (AvgIpc) is 2.08. The van der Waals surface area contributed by atoms with E-state index in [-0.39, 0.29) is 46.9 Å². The van der Waals surface area contributed by atoms with Gasteiger partial charge in [-0.15, -0.1) is 0 Å². The van der Waals surface area contributed by atoms with Gasteiger partial charge in [-0.1, -0.05) is 104 Å². The summed E-state index contributed by atoms with van der Waals surface area (Å²) in [5.74, 6) is 0. The molecule has 1 radical (unpaired) electrons. The monoisotopic (exact) mass is 765 g/mol. The fraction of sp³-hybridized carbons (Fsp3) is 1.00. The van der Waals surface area contributed by atoms with Crippen LogP contribution in [-0.4, -0.2) is 48.3 Å². The zero-order valence-electron chi connectivity index (χ0n) is 10.1. The summed E-state index contributed by atoms with van der Waals surface area (Å²) in [6.45, 7) is 0. The van der Waals surface area contributed by atoms with E-state index in [1.807, 2.05) is 0 Å². The summed E-state index contributed by atoms with van der Waals surface area (Å²) < 4.78 is 79.1. The van der Waals surface area contributed by atoms with Gasteiger partial charge in [-0.05, 0) is 0 Å². The van der Waals surface area contributed by atoms with Crippen molar-refractivity contribution in [2.75, 3.05) is 0 Å². The van der Waals surface area contributed by atoms with Crippen molar-refractivity contribution < 1.29 is 85.8 Å². The zero-order chi connectivity index (χ0) is 21.0. The average molecular weight is 768 g/mol. The topological polar surface area (TPSA) is 172 Å². The Labute approximate surface area is 226 Å². The molecule has 0 aliphatic heterocycles. The Kier molecular flexibility index (Phi) is 18.3. The smallest absolute Gasteiger partial charge is 0.745 e. The maximum atomic E-state index is 9.70. The van der Waals surface area contributed by atoms with Gasteiger partial charge in [0.05, 0.1) is 0 Å². The van der Waals surface area contributed by atoms with Crippen molar-refractivity contribution in [3.8, 4) is 0 Å². The maximum Gasteiger partial charge on any atom is 3.00 e. The Bertz CT molecular complexity index is 596. The molecule has 22 heteroatoms. The van der Waals surface area contributed by atoms with Crippen molar-refractivity contribution in [1.82, 2.24) is 0 Å². The van der Waals surface area contributed by atoms with E-state index in [2.05, 4.69) is 104 Å². The van der Waals surface area contributed by atoms with Gasteiger partial charge in [-0.25, -0.2) is 25.3 Å². The third-order valence-electron chi connectivity index (χ3n) is 0.850. The second-order valence-corrected chi connectivity index (χ2v) is 16.1. The van der Waals surface area contributed by atoms with E-state index in [0.29, 0.717) is 0 Å². The van der Waals surface area contributed by atoms with E-state index in [4.69, 9.17) is 0 Å². The molecule has 0 saturated heterocycles. The van der Waals surface area contributed by atoms with Gasteiger partial charge in [0.25, 0.3) is 9.37 Å². The van der Waals surface area contributed by atoms with Crippen molar-refractivity contribution >= 4 is 135 Å². The SMILES string of the molecule is O=S(=O)([O-])C(Cl)(Cl)Cl.O=S(=O)([O-])C(Cl)(Cl)Cl.O=S(=O)([O-])C(Cl)(Cl)Cl.[Yb+3]. The number of alkyl halides is 9. The second kappa shape index (κ2) is 12.7. The predicted molar refractivity (Wildman–Crippen MR) is 90.0 cm³/mol. The first-order chi connectivity index (χ1) is 9.75. The molecule has 0 rings (SSSR count). The molecular weight excluding hydrogens is 768 g/mol. The minimum Gasteiger partial charge on any atom is -0.745 e. The normalized spacial score (nSPS) is 13.4. The van der Waals surface area contributed by atoms with E-state index >= 15 is 0 Å². The largest absolute Gasteiger partial charge is 3.00 e. The Morgan fingerprint density at radius 1 is 0.440 bits per heavy atom. The molecule has 0 heterocycles. The number of hydrogen-bond acceptors (Lipinski definition) is 9. The van der Waals surface area contributed by atoms with Gasteiger partial charge in [-0.2, -0.15) is 0 Å². The van der Waals surface area contributed by atoms with Crippen LogP contribution in [0.1, 0.15) is 0 Å². The molecule has 0 aromatic rings. The quantitative estimate of drug-likeness (QED) is 0.266. The van der Waals surface area contributed by atoms with Gasteiger partial charge < -0.3 is 13.7 Å². The standard InChI is InChI=1S/3CHCl3O3S.Yb/c3*2-1(3,4)8(5,6)7;/h3*(H,5,6,7);/q;;;+3/p-3. The fourth-order valence-corrected chi connectivity index (χ4v) is 0. The van der Waals surface area contributed by atoms with Crippen LogP contribution < -0.4 is 0 Å². The molecule has 0 saturated carbocycles. The van der Waals surface area contributed by atoms with Crippen LogP contribution >= 0.6 is 104 Å². The Morgan fingerprint density at radius 3 is 0.480 bits per heavy atom. The van der Waals surface area contributed by atoms with Gasteiger partial charge in [0.2, 0.25) is 0 Å². The molecule has 0 N–H and O–H groups in total. The molecule has 0 amide bonds. The molecule has 0 bridgehead atoms. The summed E-state index contributed by atoms with van der Waals surface area (Å²) >= 11 is 41.8. The molecule has 0 fully saturated rings. The summed E-state index contributed by atoms with van der Waals surface area (Å²) in [7, 11) is -14.4. The number of rotatable bonds is 0. The van der Waals surface area contributed by atoms with E-state index in [1.165, 1.54) is 0 Å². The predicted octanol–water partition coefficient (Wildman–Crippen LogP) is 2.58. The van der Waals surface area contributed by atoms with Gasteiger partial charge in [0, 0.05) is 0 Å². The fourth-order valence-electron chi connectivity index (χ4n) is 0. The zero-order valence-corrected chi connectivity index (χ0v) is 21.0. The summed E-state index contributed by atoms with van der Waals surface area (Å²) in [6.07, 6.45) is 0. The molecule has 161 valence electrons. The second-order valence-electron chi connectivity index (χ2n) is 2.70. The van der Waals surface area contributed by atoms with Gasteiger partial charge in [-0.3, -0.25) is 0 Å². The molecule has 0 aliphatic rings. The van der Waals surface area contributed by atoms with Crippen LogP contribution in [-0.2, 0) is 30.4 Å². The molecule has 0 spiro atoms. The first-order valence-corrected chi connectivity index (χ1v) is 11.4. The third kappa shape index (κ3) is 19.6. The van der Waals surface area contributed by atoms with Crippen LogP contribution in [0, 0.1) is 46.9 Å². The molecule has 0 aromatic carbocycles. The first kappa shape index (κ1) is 36.2. The number of hydrogen-bond donors (Lipinski definition) is 0. The van der Waals surface area contributed by atoms with Gasteiger partial charge >= 0.3 is 46.9 Å². The Balaban J connectivity index is -0.000000130.